The Morgan fingerprint density at radius 2 is 0.577 bits per heavy atom. The van der Waals surface area contributed by atoms with Crippen LogP contribution in [-0.4, -0.2) is 35.7 Å². The van der Waals surface area contributed by atoms with Crippen LogP contribution in [0.3, 0.4) is 0 Å². The van der Waals surface area contributed by atoms with Gasteiger partial charge < -0.3 is 9.72 Å². The summed E-state index contributed by atoms with van der Waals surface area (Å²) in [6.07, 6.45) is 7.31. The number of ether oxygens (including phenoxy) is 1. The molecule has 662 valence electrons. The standard InChI is InChI=1S/C15H14O.C14H14O.3C12H12.2C11H11N.2C8H10.2C7H9N.C5H8N2/c1-11-3-7-13(8-4-11)15(16)14-9-5-12(2)6-10-14;1-11-6-8-13(9-7-11)15-14-5-3-4-12(2)10-14;1-9-3-5-12-8-10(2)4-6-11(12)7-9;1-9-3-5-11-6-4-10(2)8-12(11)7-9;1-9-5-3-8-12-10(2)6-4-7-11(9)12;1-8-3-6-11-10(7-8)5-4-9(2)12-11;1-8-3-4-11-10(5-8)6-9(2)7-12-11;1-7-3-5-8(2)6-4-7;1-7-4-3-5-8(2)6-7;1-6-3-7(2)5-8-4-6;1-6-4-3-5-7(2)8-6;1-4-5(2)7-3-6-4/h3-10H,1-2H3;3-10H,1-2H3;3*3-8H,1-2H3;2*3-7H,1-2H3;2*3-6H,1-2H3;2*3-5H,1-2H3;3H,1-2H3,(H,6,7). The highest BCUT2D eigenvalue weighted by molar-refractivity contribution is 6.09. The number of nitrogens with zero attached hydrogens (tertiary/aromatic N) is 5. The van der Waals surface area contributed by atoms with Crippen LogP contribution < -0.4 is 4.74 Å². The molecule has 0 saturated heterocycles. The Kier molecular flexibility index (Phi) is 40.5. The molecule has 0 amide bonds. The molecule has 130 heavy (non-hydrogen) atoms. The highest BCUT2D eigenvalue weighted by Crippen LogP contribution is 2.25. The first-order chi connectivity index (χ1) is 62.2. The van der Waals surface area contributed by atoms with Crippen molar-refractivity contribution in [2.24, 2.45) is 0 Å². The van der Waals surface area contributed by atoms with Crippen molar-refractivity contribution in [2.45, 2.75) is 166 Å². The van der Waals surface area contributed by atoms with Gasteiger partial charge in [-0.2, -0.15) is 0 Å². The van der Waals surface area contributed by atoms with Gasteiger partial charge in [-0.3, -0.25) is 24.7 Å². The number of pyridine rings is 4. The quantitative estimate of drug-likeness (QED) is 0.175. The second-order valence-electron chi connectivity index (χ2n) is 34.0. The van der Waals surface area contributed by atoms with E-state index >= 15 is 0 Å². The summed E-state index contributed by atoms with van der Waals surface area (Å²) in [4.78, 5) is 35.9. The Morgan fingerprint density at radius 1 is 0.238 bits per heavy atom. The molecule has 0 aliphatic rings. The van der Waals surface area contributed by atoms with Gasteiger partial charge in [0.1, 0.15) is 11.5 Å². The number of aromatic nitrogens is 6. The van der Waals surface area contributed by atoms with E-state index in [1.807, 2.05) is 196 Å². The number of carbonyl (C=O) groups is 1. The monoisotopic (exact) mass is 1710 g/mol. The number of ketones is 1. The third-order valence-electron chi connectivity index (χ3n) is 21.0. The number of fused-ring (bicyclic) bond motifs is 5. The van der Waals surface area contributed by atoms with Crippen molar-refractivity contribution in [3.63, 3.8) is 0 Å². The number of aromatic amines is 1. The first kappa shape index (κ1) is 101. The molecular formula is C122H132N6O2. The SMILES string of the molecule is Cc1ccc(C(=O)c2ccc(C)cc2)cc1.Cc1ccc(C)cc1.Cc1ccc(Oc2cccc(C)c2)cc1.Cc1ccc2cc(C)ccc2c1.Cc1ccc2ccc(C)cc2c1.Cc1ccc2nc(C)ccc2c1.Cc1ccc2ncc(C)cc2c1.Cc1cccc(C)c1.Cc1cccc(C)n1.Cc1cccc2c(C)cccc12.Cc1cncc(C)c1.Cc1nc[nH]c1C. The molecule has 0 bridgehead atoms. The van der Waals surface area contributed by atoms with Gasteiger partial charge in [-0.15, -0.1) is 0 Å². The van der Waals surface area contributed by atoms with Crippen molar-refractivity contribution in [1.29, 1.82) is 0 Å². The minimum Gasteiger partial charge on any atom is -0.457 e. The van der Waals surface area contributed by atoms with Crippen LogP contribution in [0, 0.1) is 166 Å². The first-order valence-corrected chi connectivity index (χ1v) is 44.5. The van der Waals surface area contributed by atoms with E-state index in [1.165, 1.54) is 149 Å². The van der Waals surface area contributed by atoms with Crippen LogP contribution in [0.4, 0.5) is 0 Å². The van der Waals surface area contributed by atoms with Crippen molar-refractivity contribution in [2.75, 3.05) is 0 Å². The van der Waals surface area contributed by atoms with Crippen LogP contribution in [0.2, 0.25) is 0 Å². The third kappa shape index (κ3) is 36.2. The van der Waals surface area contributed by atoms with Gasteiger partial charge in [-0.25, -0.2) is 4.98 Å². The Balaban J connectivity index is 0.000000176. The maximum atomic E-state index is 12.1. The van der Waals surface area contributed by atoms with Gasteiger partial charge in [0.15, 0.2) is 5.78 Å². The highest BCUT2D eigenvalue weighted by atomic mass is 16.5. The molecule has 5 heterocycles. The summed E-state index contributed by atoms with van der Waals surface area (Å²) in [5.41, 5.74) is 33.5. The van der Waals surface area contributed by atoms with Gasteiger partial charge in [0.05, 0.1) is 23.1 Å². The van der Waals surface area contributed by atoms with Crippen LogP contribution >= 0.6 is 0 Å². The minimum atomic E-state index is 0.0833. The molecule has 1 N–H and O–H groups in total. The number of benzene rings is 14. The van der Waals surface area contributed by atoms with E-state index in [0.717, 1.165) is 62.1 Å². The summed E-state index contributed by atoms with van der Waals surface area (Å²) < 4.78 is 5.71. The molecule has 19 aromatic rings. The lowest BCUT2D eigenvalue weighted by atomic mass is 10.0. The lowest BCUT2D eigenvalue weighted by molar-refractivity contribution is 0.103. The third-order valence-corrected chi connectivity index (χ3v) is 21.0. The maximum absolute atomic E-state index is 12.1. The van der Waals surface area contributed by atoms with Crippen LogP contribution in [0.25, 0.3) is 54.1 Å². The number of imidazole rings is 1. The van der Waals surface area contributed by atoms with Crippen molar-refractivity contribution in [1.82, 2.24) is 29.9 Å². The van der Waals surface area contributed by atoms with Gasteiger partial charge in [0.2, 0.25) is 0 Å². The normalized spacial score (nSPS) is 10.0. The van der Waals surface area contributed by atoms with Crippen LogP contribution in [-0.2, 0) is 0 Å². The van der Waals surface area contributed by atoms with E-state index in [-0.39, 0.29) is 5.78 Å². The lowest BCUT2D eigenvalue weighted by Gasteiger charge is -2.06. The molecule has 5 aromatic heterocycles. The lowest BCUT2D eigenvalue weighted by Crippen LogP contribution is -2.00. The van der Waals surface area contributed by atoms with Gasteiger partial charge >= 0.3 is 0 Å². The van der Waals surface area contributed by atoms with Crippen LogP contribution in [0.5, 0.6) is 11.5 Å². The van der Waals surface area contributed by atoms with Crippen LogP contribution in [0.15, 0.2) is 359 Å². The molecule has 0 fully saturated rings. The second kappa shape index (κ2) is 52.1. The topological polar surface area (TPSA) is 107 Å². The number of hydrogen-bond donors (Lipinski definition) is 1. The van der Waals surface area contributed by atoms with Crippen LogP contribution in [0.1, 0.15) is 150 Å². The van der Waals surface area contributed by atoms with Crippen molar-refractivity contribution >= 4 is 59.9 Å². The summed E-state index contributed by atoms with van der Waals surface area (Å²) in [5, 5.41) is 10.5. The zero-order valence-corrected chi connectivity index (χ0v) is 81.1. The number of hydrogen-bond acceptors (Lipinski definition) is 7. The summed E-state index contributed by atoms with van der Waals surface area (Å²) in [6, 6.07) is 115. The molecule has 0 saturated carbocycles. The van der Waals surface area contributed by atoms with E-state index in [4.69, 9.17) is 4.74 Å². The number of carbonyl (C=O) groups excluding carboxylic acids is 1. The Labute approximate surface area is 775 Å². The molecule has 0 unspecified atom stereocenters. The molecule has 14 aromatic carbocycles. The molecule has 8 nitrogen and oxygen atoms in total. The molecule has 0 aliphatic heterocycles. The first-order valence-electron chi connectivity index (χ1n) is 44.5. The predicted octanol–water partition coefficient (Wildman–Crippen LogP) is 32.7. The molecule has 0 aliphatic carbocycles. The second-order valence-corrected chi connectivity index (χ2v) is 34.0. The average Bonchev–Trinajstić information content (AvgIpc) is 0.923. The highest BCUT2D eigenvalue weighted by Gasteiger charge is 2.09. The van der Waals surface area contributed by atoms with E-state index in [0.29, 0.717) is 0 Å². The molecule has 0 atom stereocenters. The van der Waals surface area contributed by atoms with E-state index < -0.39 is 0 Å². The van der Waals surface area contributed by atoms with Gasteiger partial charge in [-0.1, -0.05) is 333 Å². The van der Waals surface area contributed by atoms with E-state index in [2.05, 4.69) is 352 Å². The number of aryl methyl sites for hydroxylation is 24. The predicted molar refractivity (Wildman–Crippen MR) is 558 cm³/mol. The average molecular weight is 1710 g/mol. The molecule has 0 spiro atoms. The van der Waals surface area contributed by atoms with Gasteiger partial charge in [0, 0.05) is 63.3 Å². The summed E-state index contributed by atoms with van der Waals surface area (Å²) in [6.45, 7) is 49.7. The molecule has 0 radical (unpaired) electrons. The summed E-state index contributed by atoms with van der Waals surface area (Å²) in [5.74, 6) is 1.85. The van der Waals surface area contributed by atoms with E-state index in [9.17, 15) is 4.79 Å². The minimum absolute atomic E-state index is 0.0833. The summed E-state index contributed by atoms with van der Waals surface area (Å²) >= 11 is 0. The van der Waals surface area contributed by atoms with Crippen molar-refractivity contribution < 1.29 is 9.53 Å². The smallest absolute Gasteiger partial charge is 0.193 e. The van der Waals surface area contributed by atoms with Gasteiger partial charge in [-0.05, 0) is 305 Å². The molecule has 8 heteroatoms. The van der Waals surface area contributed by atoms with Gasteiger partial charge in [0.25, 0.3) is 0 Å². The number of nitrogens with one attached hydrogen (secondary N) is 1. The fraction of sp³-hybridized carbons (Fsp3) is 0.197. The number of H-pyrrole nitrogens is 1. The zero-order chi connectivity index (χ0) is 94.2. The Hall–Kier alpha value is -14.3. The maximum Gasteiger partial charge on any atom is 0.193 e. The fourth-order valence-electron chi connectivity index (χ4n) is 13.6. The molecular weight excluding hydrogens is 1580 g/mol. The van der Waals surface area contributed by atoms with Crippen molar-refractivity contribution in [3.05, 3.63) is 504 Å². The Morgan fingerprint density at radius 3 is 0.977 bits per heavy atom. The zero-order valence-electron chi connectivity index (χ0n) is 81.1. The largest absolute Gasteiger partial charge is 0.457 e. The van der Waals surface area contributed by atoms with Crippen molar-refractivity contribution in [3.8, 4) is 11.5 Å². The fourth-order valence-corrected chi connectivity index (χ4v) is 13.6. The summed E-state index contributed by atoms with van der Waals surface area (Å²) in [7, 11) is 0. The number of rotatable bonds is 4. The van der Waals surface area contributed by atoms with E-state index in [1.54, 1.807) is 6.33 Å². The molecule has 19 rings (SSSR count). The Bertz CT molecular complexity index is 6140.